The molecule has 1 atom stereocenters. The van der Waals surface area contributed by atoms with Crippen LogP contribution in [0.25, 0.3) is 0 Å². The summed E-state index contributed by atoms with van der Waals surface area (Å²) >= 11 is 0. The summed E-state index contributed by atoms with van der Waals surface area (Å²) in [6, 6.07) is 8.52. The number of methoxy groups -OCH3 is 1. The van der Waals surface area contributed by atoms with Gasteiger partial charge in [-0.05, 0) is 12.5 Å². The molecule has 0 saturated heterocycles. The van der Waals surface area contributed by atoms with Crippen molar-refractivity contribution in [3.8, 4) is 0 Å². The molecule has 0 heterocycles. The summed E-state index contributed by atoms with van der Waals surface area (Å²) in [5, 5.41) is 8.35. The second-order valence-electron chi connectivity index (χ2n) is 3.41. The zero-order valence-corrected chi connectivity index (χ0v) is 10.9. The van der Waals surface area contributed by atoms with Crippen LogP contribution in [0.4, 0.5) is 0 Å². The number of carbonyl (C=O) groups is 1. The maximum atomic E-state index is 10.4. The Kier molecular flexibility index (Phi) is 7.18. The molecule has 0 aliphatic carbocycles. The van der Waals surface area contributed by atoms with Crippen molar-refractivity contribution in [1.29, 1.82) is 0 Å². The Balaban J connectivity index is 0.000000360. The third kappa shape index (κ3) is 8.68. The molecule has 0 spiro atoms. The molecule has 102 valence electrons. The topological polar surface area (TPSA) is 101 Å². The van der Waals surface area contributed by atoms with Gasteiger partial charge in [0.15, 0.2) is 0 Å². The number of ether oxygens (including phenoxy) is 1. The average Bonchev–Trinajstić information content (AvgIpc) is 2.27. The van der Waals surface area contributed by atoms with Crippen molar-refractivity contribution < 1.29 is 27.6 Å². The normalized spacial score (nSPS) is 12.0. The SMILES string of the molecule is COC(=O)C(C)O.O=S(=O)(O)Cc1ccccc1. The molecule has 6 nitrogen and oxygen atoms in total. The number of aliphatic hydroxyl groups excluding tert-OH is 1. The first-order valence-electron chi connectivity index (χ1n) is 5.01. The van der Waals surface area contributed by atoms with Crippen molar-refractivity contribution >= 4 is 16.1 Å². The molecule has 0 bridgehead atoms. The standard InChI is InChI=1S/C7H8O3S.C4H8O3/c8-11(9,10)6-7-4-2-1-3-5-7;1-3(5)4(6)7-2/h1-5H,6H2,(H,8,9,10);3,5H,1-2H3. The summed E-state index contributed by atoms with van der Waals surface area (Å²) in [5.74, 6) is -0.909. The third-order valence-electron chi connectivity index (χ3n) is 1.73. The summed E-state index contributed by atoms with van der Waals surface area (Å²) in [6.45, 7) is 1.35. The fourth-order valence-corrected chi connectivity index (χ4v) is 1.57. The molecule has 2 N–H and O–H groups in total. The predicted octanol–water partition coefficient (Wildman–Crippen LogP) is 0.615. The maximum Gasteiger partial charge on any atom is 0.334 e. The lowest BCUT2D eigenvalue weighted by atomic mass is 10.2. The summed E-state index contributed by atoms with van der Waals surface area (Å²) in [5.41, 5.74) is 0.593. The van der Waals surface area contributed by atoms with Gasteiger partial charge in [0.1, 0.15) is 11.9 Å². The van der Waals surface area contributed by atoms with Crippen LogP contribution in [0.15, 0.2) is 30.3 Å². The Bertz CT molecular complexity index is 452. The Hall–Kier alpha value is -1.44. The van der Waals surface area contributed by atoms with Crippen LogP contribution in [0.1, 0.15) is 12.5 Å². The van der Waals surface area contributed by atoms with Crippen LogP contribution in [-0.2, 0) is 25.4 Å². The van der Waals surface area contributed by atoms with Crippen molar-refractivity contribution in [3.63, 3.8) is 0 Å². The van der Waals surface area contributed by atoms with E-state index in [0.717, 1.165) is 0 Å². The quantitative estimate of drug-likeness (QED) is 0.620. The monoisotopic (exact) mass is 276 g/mol. The first-order valence-corrected chi connectivity index (χ1v) is 6.62. The summed E-state index contributed by atoms with van der Waals surface area (Å²) in [4.78, 5) is 10.0. The van der Waals surface area contributed by atoms with Crippen LogP contribution in [0.2, 0.25) is 0 Å². The second-order valence-corrected chi connectivity index (χ2v) is 4.86. The zero-order chi connectivity index (χ0) is 14.2. The molecule has 0 aromatic heterocycles. The van der Waals surface area contributed by atoms with Gasteiger partial charge >= 0.3 is 5.97 Å². The van der Waals surface area contributed by atoms with Gasteiger partial charge in [0, 0.05) is 0 Å². The number of esters is 1. The van der Waals surface area contributed by atoms with Crippen molar-refractivity contribution in [2.45, 2.75) is 18.8 Å². The van der Waals surface area contributed by atoms with E-state index < -0.39 is 22.2 Å². The van der Waals surface area contributed by atoms with E-state index in [1.807, 2.05) is 0 Å². The highest BCUT2D eigenvalue weighted by Crippen LogP contribution is 2.02. The Morgan fingerprint density at radius 1 is 1.33 bits per heavy atom. The molecule has 1 unspecified atom stereocenters. The van der Waals surface area contributed by atoms with E-state index >= 15 is 0 Å². The molecule has 1 aromatic carbocycles. The molecule has 0 saturated carbocycles. The number of benzene rings is 1. The molecule has 1 rings (SSSR count). The van der Waals surface area contributed by atoms with Gasteiger partial charge in [-0.2, -0.15) is 8.42 Å². The van der Waals surface area contributed by atoms with Crippen LogP contribution in [0.5, 0.6) is 0 Å². The average molecular weight is 276 g/mol. The van der Waals surface area contributed by atoms with Gasteiger partial charge in [-0.15, -0.1) is 0 Å². The van der Waals surface area contributed by atoms with E-state index in [9.17, 15) is 13.2 Å². The smallest absolute Gasteiger partial charge is 0.334 e. The predicted molar refractivity (Wildman–Crippen MR) is 65.4 cm³/mol. The summed E-state index contributed by atoms with van der Waals surface area (Å²) < 4.78 is 33.3. The van der Waals surface area contributed by atoms with Gasteiger partial charge in [0.05, 0.1) is 7.11 Å². The summed E-state index contributed by atoms with van der Waals surface area (Å²) in [7, 11) is -2.65. The van der Waals surface area contributed by atoms with Gasteiger partial charge in [-0.3, -0.25) is 4.55 Å². The van der Waals surface area contributed by atoms with Gasteiger partial charge in [-0.25, -0.2) is 4.79 Å². The first kappa shape index (κ1) is 16.6. The molecule has 18 heavy (non-hydrogen) atoms. The number of hydrogen-bond donors (Lipinski definition) is 2. The van der Waals surface area contributed by atoms with E-state index in [1.165, 1.54) is 14.0 Å². The zero-order valence-electron chi connectivity index (χ0n) is 10.1. The van der Waals surface area contributed by atoms with Crippen molar-refractivity contribution in [2.75, 3.05) is 7.11 Å². The van der Waals surface area contributed by atoms with E-state index in [0.29, 0.717) is 5.56 Å². The van der Waals surface area contributed by atoms with Crippen LogP contribution in [0, 0.1) is 0 Å². The van der Waals surface area contributed by atoms with Crippen LogP contribution in [0.3, 0.4) is 0 Å². The van der Waals surface area contributed by atoms with E-state index in [1.54, 1.807) is 30.3 Å². The van der Waals surface area contributed by atoms with Crippen LogP contribution in [-0.4, -0.2) is 37.3 Å². The lowest BCUT2D eigenvalue weighted by molar-refractivity contribution is -0.149. The number of rotatable bonds is 3. The molecule has 7 heteroatoms. The van der Waals surface area contributed by atoms with E-state index in [-0.39, 0.29) is 5.75 Å². The molecule has 0 radical (unpaired) electrons. The number of aliphatic hydroxyl groups is 1. The molecule has 0 amide bonds. The second kappa shape index (κ2) is 7.80. The fourth-order valence-electron chi connectivity index (χ4n) is 0.955. The number of hydrogen-bond acceptors (Lipinski definition) is 5. The highest BCUT2D eigenvalue weighted by Gasteiger charge is 2.05. The van der Waals surface area contributed by atoms with Crippen molar-refractivity contribution in [3.05, 3.63) is 35.9 Å². The molecular weight excluding hydrogens is 260 g/mol. The van der Waals surface area contributed by atoms with Gasteiger partial charge in [-0.1, -0.05) is 30.3 Å². The van der Waals surface area contributed by atoms with Gasteiger partial charge < -0.3 is 9.84 Å². The van der Waals surface area contributed by atoms with E-state index in [2.05, 4.69) is 4.74 Å². The van der Waals surface area contributed by atoms with Crippen LogP contribution >= 0.6 is 0 Å². The van der Waals surface area contributed by atoms with Gasteiger partial charge in [0.25, 0.3) is 10.1 Å². The Labute approximate surface area is 106 Å². The minimum absolute atomic E-state index is 0.312. The molecule has 1 aromatic rings. The molecule has 0 aliphatic rings. The number of carbonyl (C=O) groups excluding carboxylic acids is 1. The van der Waals surface area contributed by atoms with Crippen molar-refractivity contribution in [2.24, 2.45) is 0 Å². The Morgan fingerprint density at radius 3 is 2.11 bits per heavy atom. The first-order chi connectivity index (χ1) is 8.26. The van der Waals surface area contributed by atoms with Crippen LogP contribution < -0.4 is 0 Å². The maximum absolute atomic E-state index is 10.4. The fraction of sp³-hybridized carbons (Fsp3) is 0.364. The molecule has 0 fully saturated rings. The largest absolute Gasteiger partial charge is 0.467 e. The Morgan fingerprint density at radius 2 is 1.83 bits per heavy atom. The minimum Gasteiger partial charge on any atom is -0.467 e. The lowest BCUT2D eigenvalue weighted by Gasteiger charge is -1.97. The third-order valence-corrected chi connectivity index (χ3v) is 2.43. The molecular formula is C11H16O6S. The van der Waals surface area contributed by atoms with Crippen molar-refractivity contribution in [1.82, 2.24) is 0 Å². The van der Waals surface area contributed by atoms with E-state index in [4.69, 9.17) is 9.66 Å². The summed E-state index contributed by atoms with van der Waals surface area (Å²) in [6.07, 6.45) is -0.995. The van der Waals surface area contributed by atoms with Gasteiger partial charge in [0.2, 0.25) is 0 Å². The molecule has 0 aliphatic heterocycles. The minimum atomic E-state index is -3.88. The lowest BCUT2D eigenvalue weighted by Crippen LogP contribution is -2.16. The highest BCUT2D eigenvalue weighted by molar-refractivity contribution is 7.85. The highest BCUT2D eigenvalue weighted by atomic mass is 32.2.